The standard InChI is InChI=1S/C12H17NOS/c14-15(12-6-8-13-9-7-12)10-11-4-2-1-3-5-11/h1-5,12-13H,6-10H2. The summed E-state index contributed by atoms with van der Waals surface area (Å²) in [6.45, 7) is 2.04. The van der Waals surface area contributed by atoms with E-state index in [1.165, 1.54) is 5.56 Å². The van der Waals surface area contributed by atoms with Gasteiger partial charge >= 0.3 is 0 Å². The van der Waals surface area contributed by atoms with Gasteiger partial charge in [0.05, 0.1) is 0 Å². The maximum atomic E-state index is 12.1. The van der Waals surface area contributed by atoms with E-state index >= 15 is 0 Å². The van der Waals surface area contributed by atoms with Crippen LogP contribution in [-0.4, -0.2) is 22.5 Å². The third-order valence-corrected chi connectivity index (χ3v) is 4.64. The summed E-state index contributed by atoms with van der Waals surface area (Å²) in [5.74, 6) is 0.714. The van der Waals surface area contributed by atoms with E-state index in [1.807, 2.05) is 18.2 Å². The van der Waals surface area contributed by atoms with Gasteiger partial charge in [0.2, 0.25) is 0 Å². The molecule has 1 aliphatic heterocycles. The van der Waals surface area contributed by atoms with E-state index in [2.05, 4.69) is 17.4 Å². The topological polar surface area (TPSA) is 29.1 Å². The van der Waals surface area contributed by atoms with Crippen LogP contribution in [-0.2, 0) is 16.6 Å². The minimum Gasteiger partial charge on any atom is -0.317 e. The van der Waals surface area contributed by atoms with Crippen molar-refractivity contribution in [1.29, 1.82) is 0 Å². The lowest BCUT2D eigenvalue weighted by atomic mass is 10.2. The van der Waals surface area contributed by atoms with Crippen molar-refractivity contribution in [3.05, 3.63) is 35.9 Å². The molecule has 1 fully saturated rings. The fraction of sp³-hybridized carbons (Fsp3) is 0.500. The van der Waals surface area contributed by atoms with E-state index in [1.54, 1.807) is 0 Å². The van der Waals surface area contributed by atoms with E-state index in [4.69, 9.17) is 0 Å². The molecule has 1 saturated heterocycles. The van der Waals surface area contributed by atoms with Crippen LogP contribution in [0.2, 0.25) is 0 Å². The minimum absolute atomic E-state index is 0.395. The maximum absolute atomic E-state index is 12.1. The van der Waals surface area contributed by atoms with Crippen molar-refractivity contribution in [2.45, 2.75) is 23.8 Å². The first-order valence-electron chi connectivity index (χ1n) is 5.48. The SMILES string of the molecule is O=S(Cc1ccccc1)C1CCNCC1. The molecule has 0 saturated carbocycles. The van der Waals surface area contributed by atoms with Gasteiger partial charge in [-0.05, 0) is 31.5 Å². The first-order chi connectivity index (χ1) is 7.36. The smallest absolute Gasteiger partial charge is 0.0488 e. The number of hydrogen-bond acceptors (Lipinski definition) is 2. The summed E-state index contributed by atoms with van der Waals surface area (Å²) in [7, 11) is -0.697. The molecule has 2 rings (SSSR count). The summed E-state index contributed by atoms with van der Waals surface area (Å²) in [5, 5.41) is 3.69. The van der Waals surface area contributed by atoms with Crippen LogP contribution in [0.15, 0.2) is 30.3 Å². The number of hydrogen-bond donors (Lipinski definition) is 1. The number of piperidine rings is 1. The second-order valence-electron chi connectivity index (χ2n) is 3.96. The van der Waals surface area contributed by atoms with E-state index in [9.17, 15) is 4.21 Å². The minimum atomic E-state index is -0.697. The molecular formula is C12H17NOS. The van der Waals surface area contributed by atoms with E-state index in [0.29, 0.717) is 11.0 Å². The van der Waals surface area contributed by atoms with E-state index in [-0.39, 0.29) is 0 Å². The van der Waals surface area contributed by atoms with Crippen molar-refractivity contribution in [2.24, 2.45) is 0 Å². The molecule has 0 aliphatic carbocycles. The molecule has 2 nitrogen and oxygen atoms in total. The molecule has 82 valence electrons. The Kier molecular flexibility index (Phi) is 3.92. The van der Waals surface area contributed by atoms with Crippen molar-refractivity contribution in [3.8, 4) is 0 Å². The van der Waals surface area contributed by atoms with Crippen LogP contribution in [0.1, 0.15) is 18.4 Å². The number of nitrogens with one attached hydrogen (secondary N) is 1. The zero-order valence-electron chi connectivity index (χ0n) is 8.82. The second kappa shape index (κ2) is 5.42. The number of benzene rings is 1. The Morgan fingerprint density at radius 2 is 1.87 bits per heavy atom. The largest absolute Gasteiger partial charge is 0.317 e. The normalized spacial score (nSPS) is 20.0. The lowest BCUT2D eigenvalue weighted by molar-refractivity contribution is 0.519. The molecular weight excluding hydrogens is 206 g/mol. The molecule has 1 heterocycles. The van der Waals surface area contributed by atoms with E-state index in [0.717, 1.165) is 25.9 Å². The van der Waals surface area contributed by atoms with Crippen molar-refractivity contribution in [2.75, 3.05) is 13.1 Å². The molecule has 1 N–H and O–H groups in total. The highest BCUT2D eigenvalue weighted by Gasteiger charge is 2.19. The molecule has 3 heteroatoms. The predicted octanol–water partition coefficient (Wildman–Crippen LogP) is 1.69. The second-order valence-corrected chi connectivity index (χ2v) is 5.68. The molecule has 0 radical (unpaired) electrons. The predicted molar refractivity (Wildman–Crippen MR) is 64.2 cm³/mol. The molecule has 1 unspecified atom stereocenters. The fourth-order valence-corrected chi connectivity index (χ4v) is 3.43. The molecule has 1 atom stereocenters. The van der Waals surface area contributed by atoms with Crippen LogP contribution >= 0.6 is 0 Å². The summed E-state index contributed by atoms with van der Waals surface area (Å²) < 4.78 is 12.1. The van der Waals surface area contributed by atoms with Crippen LogP contribution in [0.4, 0.5) is 0 Å². The van der Waals surface area contributed by atoms with Gasteiger partial charge in [-0.2, -0.15) is 0 Å². The van der Waals surface area contributed by atoms with Crippen molar-refractivity contribution >= 4 is 10.8 Å². The molecule has 1 aromatic carbocycles. The Hall–Kier alpha value is -0.670. The highest BCUT2D eigenvalue weighted by Crippen LogP contribution is 2.14. The summed E-state index contributed by atoms with van der Waals surface area (Å²) in [6, 6.07) is 10.1. The van der Waals surface area contributed by atoms with Gasteiger partial charge in [-0.25, -0.2) is 0 Å². The van der Waals surface area contributed by atoms with Gasteiger partial charge in [0.25, 0.3) is 0 Å². The van der Waals surface area contributed by atoms with Crippen LogP contribution in [0, 0.1) is 0 Å². The molecule has 0 aromatic heterocycles. The van der Waals surface area contributed by atoms with Gasteiger partial charge in [0.15, 0.2) is 0 Å². The van der Waals surface area contributed by atoms with Crippen LogP contribution in [0.3, 0.4) is 0 Å². The Balaban J connectivity index is 1.91. The van der Waals surface area contributed by atoms with Gasteiger partial charge in [-0.15, -0.1) is 0 Å². The molecule has 0 spiro atoms. The maximum Gasteiger partial charge on any atom is 0.0488 e. The van der Waals surface area contributed by atoms with Gasteiger partial charge in [0, 0.05) is 21.8 Å². The lowest BCUT2D eigenvalue weighted by Gasteiger charge is -2.21. The Bertz CT molecular complexity index is 320. The lowest BCUT2D eigenvalue weighted by Crippen LogP contribution is -2.33. The number of rotatable bonds is 3. The third kappa shape index (κ3) is 3.14. The molecule has 0 amide bonds. The van der Waals surface area contributed by atoms with Gasteiger partial charge < -0.3 is 5.32 Å². The highest BCUT2D eigenvalue weighted by molar-refractivity contribution is 7.84. The van der Waals surface area contributed by atoms with Crippen molar-refractivity contribution in [3.63, 3.8) is 0 Å². The van der Waals surface area contributed by atoms with Crippen LogP contribution < -0.4 is 5.32 Å². The molecule has 1 aromatic rings. The average Bonchev–Trinajstić information content (AvgIpc) is 2.31. The van der Waals surface area contributed by atoms with Crippen molar-refractivity contribution in [1.82, 2.24) is 5.32 Å². The van der Waals surface area contributed by atoms with Gasteiger partial charge in [-0.1, -0.05) is 30.3 Å². The Labute approximate surface area is 93.5 Å². The monoisotopic (exact) mass is 223 g/mol. The van der Waals surface area contributed by atoms with Crippen LogP contribution in [0.5, 0.6) is 0 Å². The molecule has 1 aliphatic rings. The summed E-state index contributed by atoms with van der Waals surface area (Å²) >= 11 is 0. The highest BCUT2D eigenvalue weighted by atomic mass is 32.2. The summed E-state index contributed by atoms with van der Waals surface area (Å²) in [4.78, 5) is 0. The molecule has 15 heavy (non-hydrogen) atoms. The van der Waals surface area contributed by atoms with Crippen molar-refractivity contribution < 1.29 is 4.21 Å². The Morgan fingerprint density at radius 1 is 1.20 bits per heavy atom. The third-order valence-electron chi connectivity index (χ3n) is 2.81. The fourth-order valence-electron chi connectivity index (χ4n) is 1.91. The van der Waals surface area contributed by atoms with E-state index < -0.39 is 10.8 Å². The van der Waals surface area contributed by atoms with Gasteiger partial charge in [0.1, 0.15) is 0 Å². The molecule has 0 bridgehead atoms. The zero-order valence-corrected chi connectivity index (χ0v) is 9.63. The average molecular weight is 223 g/mol. The summed E-state index contributed by atoms with van der Waals surface area (Å²) in [5.41, 5.74) is 1.19. The Morgan fingerprint density at radius 3 is 2.53 bits per heavy atom. The first-order valence-corrected chi connectivity index (χ1v) is 6.86. The van der Waals surface area contributed by atoms with Crippen LogP contribution in [0.25, 0.3) is 0 Å². The summed E-state index contributed by atoms with van der Waals surface area (Å²) in [6.07, 6.45) is 2.11. The zero-order chi connectivity index (χ0) is 10.5. The quantitative estimate of drug-likeness (QED) is 0.845. The first kappa shape index (κ1) is 10.8. The van der Waals surface area contributed by atoms with Gasteiger partial charge in [-0.3, -0.25) is 4.21 Å².